The van der Waals surface area contributed by atoms with Gasteiger partial charge in [0.2, 0.25) is 0 Å². The van der Waals surface area contributed by atoms with Gasteiger partial charge < -0.3 is 19.4 Å². The van der Waals surface area contributed by atoms with E-state index in [-0.39, 0.29) is 17.6 Å². The van der Waals surface area contributed by atoms with Crippen LogP contribution in [0.5, 0.6) is 5.75 Å². The van der Waals surface area contributed by atoms with E-state index in [4.69, 9.17) is 9.47 Å². The highest BCUT2D eigenvalue weighted by atomic mass is 16.5. The summed E-state index contributed by atoms with van der Waals surface area (Å²) in [6.07, 6.45) is 5.61. The summed E-state index contributed by atoms with van der Waals surface area (Å²) in [6, 6.07) is 16.1. The van der Waals surface area contributed by atoms with Crippen LogP contribution < -0.4 is 10.1 Å². The lowest BCUT2D eigenvalue weighted by Crippen LogP contribution is -2.32. The molecule has 33 heavy (non-hydrogen) atoms. The second-order valence-electron chi connectivity index (χ2n) is 8.40. The lowest BCUT2D eigenvalue weighted by Gasteiger charge is -2.10. The summed E-state index contributed by atoms with van der Waals surface area (Å²) >= 11 is 0. The highest BCUT2D eigenvalue weighted by Crippen LogP contribution is 2.24. The molecule has 1 unspecified atom stereocenters. The summed E-state index contributed by atoms with van der Waals surface area (Å²) in [7, 11) is 0. The average molecular weight is 444 g/mol. The second kappa shape index (κ2) is 10.4. The van der Waals surface area contributed by atoms with Gasteiger partial charge in [-0.1, -0.05) is 24.3 Å². The van der Waals surface area contributed by atoms with Gasteiger partial charge in [0.1, 0.15) is 24.0 Å². The van der Waals surface area contributed by atoms with E-state index in [0.717, 1.165) is 41.7 Å². The number of rotatable bonds is 8. The molecule has 0 saturated carbocycles. The number of benzene rings is 2. The van der Waals surface area contributed by atoms with Crippen LogP contribution >= 0.6 is 0 Å². The molecule has 1 amide bonds. The minimum Gasteiger partial charge on any atom is -0.492 e. The minimum atomic E-state index is -0.372. The highest BCUT2D eigenvalue weighted by molar-refractivity contribution is 6.04. The van der Waals surface area contributed by atoms with Crippen molar-refractivity contribution in [2.24, 2.45) is 0 Å². The van der Waals surface area contributed by atoms with Gasteiger partial charge in [0.15, 0.2) is 0 Å². The van der Waals surface area contributed by atoms with Crippen molar-refractivity contribution < 1.29 is 14.3 Å². The van der Waals surface area contributed by atoms with Crippen LogP contribution in [0.3, 0.4) is 0 Å². The lowest BCUT2D eigenvalue weighted by molar-refractivity contribution is -0.117. The Hall–Kier alpha value is -3.56. The van der Waals surface area contributed by atoms with E-state index >= 15 is 0 Å². The van der Waals surface area contributed by atoms with E-state index in [1.54, 1.807) is 6.08 Å². The number of fused-ring (bicyclic) bond motifs is 1. The number of para-hydroxylation sites is 1. The summed E-state index contributed by atoms with van der Waals surface area (Å²) < 4.78 is 13.6. The molecule has 6 nitrogen and oxygen atoms in total. The number of nitrogens with one attached hydrogen (secondary N) is 1. The Morgan fingerprint density at radius 2 is 2.12 bits per heavy atom. The Bertz CT molecular complexity index is 1210. The van der Waals surface area contributed by atoms with Crippen LogP contribution in [0.25, 0.3) is 17.0 Å². The van der Waals surface area contributed by atoms with Crippen molar-refractivity contribution in [2.45, 2.75) is 39.3 Å². The zero-order chi connectivity index (χ0) is 23.2. The number of carbonyl (C=O) groups is 1. The molecule has 1 saturated heterocycles. The maximum absolute atomic E-state index is 12.6. The van der Waals surface area contributed by atoms with Crippen molar-refractivity contribution >= 4 is 22.9 Å². The number of carbonyl (C=O) groups excluding carboxylic acids is 1. The first-order valence-corrected chi connectivity index (χ1v) is 11.3. The molecule has 0 bridgehead atoms. The SMILES string of the molecule is Cc1ccc(OCCn2cc(/C=C(\C#N)C(=O)NCC3CCCO3)c3ccccc32)cc1C. The maximum Gasteiger partial charge on any atom is 0.262 e. The Labute approximate surface area is 194 Å². The zero-order valence-corrected chi connectivity index (χ0v) is 19.1. The van der Waals surface area contributed by atoms with Crippen LogP contribution in [0.15, 0.2) is 54.2 Å². The fraction of sp³-hybridized carbons (Fsp3) is 0.333. The normalized spacial score (nSPS) is 16.0. The third kappa shape index (κ3) is 5.44. The summed E-state index contributed by atoms with van der Waals surface area (Å²) in [5, 5.41) is 13.4. The van der Waals surface area contributed by atoms with Gasteiger partial charge in [-0.05, 0) is 62.1 Å². The topological polar surface area (TPSA) is 76.3 Å². The van der Waals surface area contributed by atoms with Gasteiger partial charge in [-0.3, -0.25) is 4.79 Å². The van der Waals surface area contributed by atoms with Gasteiger partial charge in [-0.25, -0.2) is 0 Å². The van der Waals surface area contributed by atoms with Crippen molar-refractivity contribution in [3.8, 4) is 11.8 Å². The fourth-order valence-electron chi connectivity index (χ4n) is 4.05. The van der Waals surface area contributed by atoms with Crippen LogP contribution in [0.1, 0.15) is 29.5 Å². The number of aryl methyl sites for hydroxylation is 2. The summed E-state index contributed by atoms with van der Waals surface area (Å²) in [5.74, 6) is 0.479. The smallest absolute Gasteiger partial charge is 0.262 e. The van der Waals surface area contributed by atoms with Gasteiger partial charge >= 0.3 is 0 Å². The summed E-state index contributed by atoms with van der Waals surface area (Å²) in [5.41, 5.74) is 4.39. The van der Waals surface area contributed by atoms with Gasteiger partial charge in [-0.15, -0.1) is 0 Å². The van der Waals surface area contributed by atoms with E-state index in [0.29, 0.717) is 19.7 Å². The van der Waals surface area contributed by atoms with Crippen molar-refractivity contribution in [3.63, 3.8) is 0 Å². The number of hydrogen-bond donors (Lipinski definition) is 1. The average Bonchev–Trinajstić information content (AvgIpc) is 3.47. The molecule has 3 aromatic rings. The Morgan fingerprint density at radius 3 is 2.88 bits per heavy atom. The monoisotopic (exact) mass is 443 g/mol. The van der Waals surface area contributed by atoms with Crippen LogP contribution in [-0.2, 0) is 16.1 Å². The Balaban J connectivity index is 1.48. The van der Waals surface area contributed by atoms with Crippen molar-refractivity contribution in [3.05, 3.63) is 70.9 Å². The molecule has 2 heterocycles. The van der Waals surface area contributed by atoms with Gasteiger partial charge in [0, 0.05) is 35.8 Å². The van der Waals surface area contributed by atoms with E-state index < -0.39 is 0 Å². The lowest BCUT2D eigenvalue weighted by atomic mass is 10.1. The number of amides is 1. The molecule has 170 valence electrons. The van der Waals surface area contributed by atoms with Crippen LogP contribution in [0.4, 0.5) is 0 Å². The molecule has 1 fully saturated rings. The van der Waals surface area contributed by atoms with Gasteiger partial charge in [0.05, 0.1) is 12.6 Å². The number of nitrogens with zero attached hydrogens (tertiary/aromatic N) is 2. The van der Waals surface area contributed by atoms with Crippen molar-refractivity contribution in [1.29, 1.82) is 5.26 Å². The third-order valence-corrected chi connectivity index (χ3v) is 6.08. The largest absolute Gasteiger partial charge is 0.492 e. The quantitative estimate of drug-likeness (QED) is 0.410. The van der Waals surface area contributed by atoms with E-state index in [2.05, 4.69) is 29.8 Å². The Kier molecular flexibility index (Phi) is 7.11. The minimum absolute atomic E-state index is 0.0353. The number of hydrogen-bond acceptors (Lipinski definition) is 4. The molecule has 1 aromatic heterocycles. The van der Waals surface area contributed by atoms with Crippen molar-refractivity contribution in [1.82, 2.24) is 9.88 Å². The molecule has 6 heteroatoms. The number of nitriles is 1. The standard InChI is InChI=1S/C27H29N3O3/c1-19-9-10-23(14-20(19)2)33-13-11-30-18-22(25-7-3-4-8-26(25)30)15-21(16-28)27(31)29-17-24-6-5-12-32-24/h3-4,7-10,14-15,18,24H,5-6,11-13,17H2,1-2H3,(H,29,31)/b21-15+. The summed E-state index contributed by atoms with van der Waals surface area (Å²) in [6.45, 7) is 6.47. The Morgan fingerprint density at radius 1 is 1.27 bits per heavy atom. The molecular formula is C27H29N3O3. The number of aromatic nitrogens is 1. The van der Waals surface area contributed by atoms with E-state index in [1.807, 2.05) is 48.7 Å². The molecule has 4 rings (SSSR count). The first-order valence-electron chi connectivity index (χ1n) is 11.3. The third-order valence-electron chi connectivity index (χ3n) is 6.08. The van der Waals surface area contributed by atoms with E-state index in [1.165, 1.54) is 11.1 Å². The molecule has 0 spiro atoms. The molecular weight excluding hydrogens is 414 g/mol. The zero-order valence-electron chi connectivity index (χ0n) is 19.1. The molecule has 1 N–H and O–H groups in total. The van der Waals surface area contributed by atoms with Crippen molar-refractivity contribution in [2.75, 3.05) is 19.8 Å². The first-order chi connectivity index (χ1) is 16.0. The maximum atomic E-state index is 12.6. The molecule has 1 atom stereocenters. The fourth-order valence-corrected chi connectivity index (χ4v) is 4.05. The predicted molar refractivity (Wildman–Crippen MR) is 129 cm³/mol. The van der Waals surface area contributed by atoms with Gasteiger partial charge in [0.25, 0.3) is 5.91 Å². The van der Waals surface area contributed by atoms with E-state index in [9.17, 15) is 10.1 Å². The molecule has 0 aliphatic carbocycles. The highest BCUT2D eigenvalue weighted by Gasteiger charge is 2.18. The van der Waals surface area contributed by atoms with Crippen LogP contribution in [-0.4, -0.2) is 36.3 Å². The van der Waals surface area contributed by atoms with Gasteiger partial charge in [-0.2, -0.15) is 5.26 Å². The molecule has 0 radical (unpaired) electrons. The first kappa shape index (κ1) is 22.6. The molecule has 2 aromatic carbocycles. The predicted octanol–water partition coefficient (Wildman–Crippen LogP) is 4.54. The molecule has 1 aliphatic heterocycles. The van der Waals surface area contributed by atoms with Crippen LogP contribution in [0, 0.1) is 25.2 Å². The molecule has 1 aliphatic rings. The second-order valence-corrected chi connectivity index (χ2v) is 8.40. The number of ether oxygens (including phenoxy) is 2. The van der Waals surface area contributed by atoms with Crippen LogP contribution in [0.2, 0.25) is 0 Å². The summed E-state index contributed by atoms with van der Waals surface area (Å²) in [4.78, 5) is 12.6.